The summed E-state index contributed by atoms with van der Waals surface area (Å²) in [6.45, 7) is -0.112. The second-order valence-electron chi connectivity index (χ2n) is 6.90. The van der Waals surface area contributed by atoms with E-state index in [0.29, 0.717) is 5.56 Å². The third kappa shape index (κ3) is 4.28. The molecule has 2 aromatic heterocycles. The second-order valence-corrected chi connectivity index (χ2v) is 6.90. The lowest BCUT2D eigenvalue weighted by Gasteiger charge is -2.14. The molecule has 0 radical (unpaired) electrons. The molecule has 5 nitrogen and oxygen atoms in total. The number of halogens is 4. The molecule has 1 aliphatic rings. The van der Waals surface area contributed by atoms with Crippen LogP contribution in [-0.2, 0) is 12.7 Å². The predicted octanol–water partition coefficient (Wildman–Crippen LogP) is 4.61. The number of nitrogens with zero attached hydrogens (tertiary/aromatic N) is 3. The Kier molecular flexibility index (Phi) is 4.81. The van der Waals surface area contributed by atoms with Crippen LogP contribution < -0.4 is 5.32 Å². The van der Waals surface area contributed by atoms with Crippen LogP contribution in [0.1, 0.15) is 45.8 Å². The molecular weight excluding hydrogens is 388 g/mol. The number of hydrogen-bond donors (Lipinski definition) is 1. The van der Waals surface area contributed by atoms with Crippen molar-refractivity contribution in [1.29, 1.82) is 0 Å². The van der Waals surface area contributed by atoms with Crippen molar-refractivity contribution in [2.45, 2.75) is 31.5 Å². The summed E-state index contributed by atoms with van der Waals surface area (Å²) in [4.78, 5) is 15.7. The molecule has 0 bridgehead atoms. The Bertz CT molecular complexity index is 1060. The number of aromatic nitrogens is 3. The normalized spacial score (nSPS) is 14.1. The van der Waals surface area contributed by atoms with Gasteiger partial charge in [0.2, 0.25) is 0 Å². The molecule has 1 N–H and O–H groups in total. The Morgan fingerprint density at radius 1 is 1.21 bits per heavy atom. The molecule has 4 rings (SSSR count). The van der Waals surface area contributed by atoms with Gasteiger partial charge >= 0.3 is 6.18 Å². The Morgan fingerprint density at radius 3 is 2.69 bits per heavy atom. The number of pyridine rings is 1. The van der Waals surface area contributed by atoms with Gasteiger partial charge in [-0.3, -0.25) is 14.5 Å². The smallest absolute Gasteiger partial charge is 0.305 e. The molecule has 0 spiro atoms. The number of anilines is 1. The zero-order chi connectivity index (χ0) is 20.6. The molecule has 2 heterocycles. The molecule has 1 aromatic carbocycles. The Hall–Kier alpha value is -3.23. The quantitative estimate of drug-likeness (QED) is 0.632. The van der Waals surface area contributed by atoms with Gasteiger partial charge in [0, 0.05) is 18.5 Å². The van der Waals surface area contributed by atoms with Crippen LogP contribution in [0.15, 0.2) is 48.9 Å². The van der Waals surface area contributed by atoms with E-state index < -0.39 is 23.5 Å². The zero-order valence-corrected chi connectivity index (χ0v) is 15.1. The van der Waals surface area contributed by atoms with Gasteiger partial charge < -0.3 is 5.32 Å². The minimum atomic E-state index is -4.47. The van der Waals surface area contributed by atoms with E-state index in [1.165, 1.54) is 41.3 Å². The van der Waals surface area contributed by atoms with Gasteiger partial charge in [-0.1, -0.05) is 12.1 Å². The zero-order valence-electron chi connectivity index (χ0n) is 15.1. The van der Waals surface area contributed by atoms with Crippen LogP contribution in [0.3, 0.4) is 0 Å². The van der Waals surface area contributed by atoms with Crippen LogP contribution >= 0.6 is 0 Å². The summed E-state index contributed by atoms with van der Waals surface area (Å²) < 4.78 is 55.4. The first kappa shape index (κ1) is 19.1. The topological polar surface area (TPSA) is 59.8 Å². The number of alkyl halides is 3. The Balaban J connectivity index is 1.52. The average molecular weight is 404 g/mol. The van der Waals surface area contributed by atoms with Crippen molar-refractivity contribution in [2.24, 2.45) is 0 Å². The number of benzene rings is 1. The summed E-state index contributed by atoms with van der Waals surface area (Å²) in [5.74, 6) is -1.19. The highest BCUT2D eigenvalue weighted by Gasteiger charge is 2.35. The van der Waals surface area contributed by atoms with Crippen LogP contribution in [0.25, 0.3) is 0 Å². The molecule has 0 unspecified atom stereocenters. The minimum Gasteiger partial charge on any atom is -0.305 e. The van der Waals surface area contributed by atoms with Crippen LogP contribution in [0.2, 0.25) is 0 Å². The van der Waals surface area contributed by atoms with Crippen molar-refractivity contribution < 1.29 is 22.4 Å². The van der Waals surface area contributed by atoms with E-state index in [2.05, 4.69) is 15.4 Å². The first-order valence-electron chi connectivity index (χ1n) is 8.95. The van der Waals surface area contributed by atoms with Gasteiger partial charge in [0.1, 0.15) is 0 Å². The monoisotopic (exact) mass is 404 g/mol. The molecule has 1 saturated carbocycles. The molecule has 1 fully saturated rings. The maximum absolute atomic E-state index is 13.6. The number of amides is 1. The number of carbonyl (C=O) groups is 1. The molecule has 0 aliphatic heterocycles. The molecule has 9 heteroatoms. The van der Waals surface area contributed by atoms with Crippen molar-refractivity contribution in [1.82, 2.24) is 14.8 Å². The van der Waals surface area contributed by atoms with Gasteiger partial charge in [-0.25, -0.2) is 4.39 Å². The highest BCUT2D eigenvalue weighted by molar-refractivity contribution is 6.03. The number of hydrogen-bond acceptors (Lipinski definition) is 3. The molecular formula is C20H16F4N4O. The van der Waals surface area contributed by atoms with Crippen molar-refractivity contribution in [3.63, 3.8) is 0 Å². The first-order valence-corrected chi connectivity index (χ1v) is 8.95. The van der Waals surface area contributed by atoms with E-state index in [9.17, 15) is 22.4 Å². The summed E-state index contributed by atoms with van der Waals surface area (Å²) in [6.07, 6.45) is 1.00. The van der Waals surface area contributed by atoms with Crippen molar-refractivity contribution in [2.75, 3.05) is 5.32 Å². The Morgan fingerprint density at radius 2 is 2.00 bits per heavy atom. The third-order valence-corrected chi connectivity index (χ3v) is 4.72. The highest BCUT2D eigenvalue weighted by atomic mass is 19.4. The fraction of sp³-hybridized carbons (Fsp3) is 0.250. The van der Waals surface area contributed by atoms with Gasteiger partial charge in [-0.2, -0.15) is 18.3 Å². The standard InChI is InChI=1S/C20H16F4N4O/c21-17-10-25-7-5-15(17)19(29)26-18-6-8-28(27-18)11-14-4-3-13(12-1-2-12)9-16(14)20(22,23)24/h3-10,12H,1-2,11H2,(H,26,27,29). The van der Waals surface area contributed by atoms with Crippen molar-refractivity contribution in [3.05, 3.63) is 77.0 Å². The van der Waals surface area contributed by atoms with E-state index in [0.717, 1.165) is 19.0 Å². The SMILES string of the molecule is O=C(Nc1ccn(Cc2ccc(C3CC3)cc2C(F)(F)F)n1)c1ccncc1F. The van der Waals surface area contributed by atoms with Gasteiger partial charge in [0.05, 0.1) is 23.9 Å². The molecule has 0 saturated heterocycles. The van der Waals surface area contributed by atoms with Gasteiger partial charge in [-0.05, 0) is 42.0 Å². The van der Waals surface area contributed by atoms with E-state index in [1.807, 2.05) is 0 Å². The maximum Gasteiger partial charge on any atom is 0.416 e. The minimum absolute atomic E-state index is 0.0862. The van der Waals surface area contributed by atoms with Gasteiger partial charge in [-0.15, -0.1) is 0 Å². The van der Waals surface area contributed by atoms with Crippen LogP contribution in [0.4, 0.5) is 23.4 Å². The third-order valence-electron chi connectivity index (χ3n) is 4.72. The van der Waals surface area contributed by atoms with Crippen molar-refractivity contribution >= 4 is 11.7 Å². The van der Waals surface area contributed by atoms with E-state index in [1.54, 1.807) is 6.07 Å². The lowest BCUT2D eigenvalue weighted by atomic mass is 10.0. The second kappa shape index (κ2) is 7.31. The summed E-state index contributed by atoms with van der Waals surface area (Å²) in [5, 5.41) is 6.49. The number of nitrogens with one attached hydrogen (secondary N) is 1. The van der Waals surface area contributed by atoms with Crippen LogP contribution in [-0.4, -0.2) is 20.7 Å². The molecule has 3 aromatic rings. The number of rotatable bonds is 5. The summed E-state index contributed by atoms with van der Waals surface area (Å²) in [7, 11) is 0. The van der Waals surface area contributed by atoms with Crippen molar-refractivity contribution in [3.8, 4) is 0 Å². The fourth-order valence-electron chi connectivity index (χ4n) is 3.10. The molecule has 150 valence electrons. The predicted molar refractivity (Wildman–Crippen MR) is 96.9 cm³/mol. The highest BCUT2D eigenvalue weighted by Crippen LogP contribution is 2.42. The average Bonchev–Trinajstić information content (AvgIpc) is 3.43. The maximum atomic E-state index is 13.6. The fourth-order valence-corrected chi connectivity index (χ4v) is 3.10. The van der Waals surface area contributed by atoms with Gasteiger partial charge in [0.15, 0.2) is 11.6 Å². The Labute approximate surface area is 163 Å². The molecule has 0 atom stereocenters. The first-order chi connectivity index (χ1) is 13.8. The van der Waals surface area contributed by atoms with E-state index in [-0.39, 0.29) is 29.4 Å². The van der Waals surface area contributed by atoms with E-state index in [4.69, 9.17) is 0 Å². The molecule has 1 amide bonds. The molecule has 1 aliphatic carbocycles. The number of carbonyl (C=O) groups excluding carboxylic acids is 1. The lowest BCUT2D eigenvalue weighted by Crippen LogP contribution is -2.15. The molecule has 29 heavy (non-hydrogen) atoms. The summed E-state index contributed by atoms with van der Waals surface area (Å²) in [6, 6.07) is 7.07. The summed E-state index contributed by atoms with van der Waals surface area (Å²) in [5.41, 5.74) is -0.0941. The lowest BCUT2D eigenvalue weighted by molar-refractivity contribution is -0.138. The van der Waals surface area contributed by atoms with Crippen LogP contribution in [0.5, 0.6) is 0 Å². The van der Waals surface area contributed by atoms with Crippen LogP contribution in [0, 0.1) is 5.82 Å². The van der Waals surface area contributed by atoms with Gasteiger partial charge in [0.25, 0.3) is 5.91 Å². The van der Waals surface area contributed by atoms with E-state index >= 15 is 0 Å². The largest absolute Gasteiger partial charge is 0.416 e. The summed E-state index contributed by atoms with van der Waals surface area (Å²) >= 11 is 0.